The fourth-order valence-electron chi connectivity index (χ4n) is 3.94. The van der Waals surface area contributed by atoms with E-state index in [2.05, 4.69) is 10.4 Å². The quantitative estimate of drug-likeness (QED) is 0.581. The van der Waals surface area contributed by atoms with E-state index >= 15 is 0 Å². The summed E-state index contributed by atoms with van der Waals surface area (Å²) in [5.74, 6) is -0.00184. The average Bonchev–Trinajstić information content (AvgIpc) is 3.49. The number of rotatable bonds is 7. The van der Waals surface area contributed by atoms with E-state index < -0.39 is 34.0 Å². The van der Waals surface area contributed by atoms with Crippen LogP contribution in [0.2, 0.25) is 0 Å². The Morgan fingerprint density at radius 3 is 2.62 bits per heavy atom. The number of aromatic nitrogens is 2. The molecule has 12 heteroatoms. The van der Waals surface area contributed by atoms with Crippen LogP contribution in [0.25, 0.3) is 0 Å². The number of nitrogens with one attached hydrogen (secondary N) is 1. The number of nitrogens with zero attached hydrogens (tertiary/aromatic N) is 3. The fraction of sp³-hybridized carbons (Fsp3) is 0.500. The molecule has 184 valence electrons. The molecule has 34 heavy (non-hydrogen) atoms. The summed E-state index contributed by atoms with van der Waals surface area (Å²) >= 11 is 0. The summed E-state index contributed by atoms with van der Waals surface area (Å²) in [6.07, 6.45) is 1.24. The summed E-state index contributed by atoms with van der Waals surface area (Å²) < 4.78 is 45.7. The fourth-order valence-corrected chi connectivity index (χ4v) is 5.60. The Morgan fingerprint density at radius 1 is 1.15 bits per heavy atom. The van der Waals surface area contributed by atoms with Gasteiger partial charge in [0.2, 0.25) is 10.0 Å². The molecule has 11 nitrogen and oxygen atoms in total. The normalized spacial score (nSPS) is 19.1. The first-order chi connectivity index (χ1) is 16.2. The van der Waals surface area contributed by atoms with Crippen molar-refractivity contribution in [1.29, 1.82) is 0 Å². The lowest BCUT2D eigenvalue weighted by Crippen LogP contribution is -2.43. The number of fused-ring (bicyclic) bond motifs is 1. The number of sulfonamides is 1. The zero-order valence-corrected chi connectivity index (χ0v) is 20.1. The minimum Gasteiger partial charge on any atom is -0.486 e. The average molecular weight is 493 g/mol. The lowest BCUT2D eigenvalue weighted by Gasteiger charge is -2.25. The van der Waals surface area contributed by atoms with Crippen molar-refractivity contribution < 1.29 is 32.2 Å². The van der Waals surface area contributed by atoms with Gasteiger partial charge in [-0.05, 0) is 45.7 Å². The van der Waals surface area contributed by atoms with Crippen LogP contribution in [0.1, 0.15) is 39.7 Å². The second kappa shape index (κ2) is 9.63. The molecule has 0 aliphatic carbocycles. The van der Waals surface area contributed by atoms with Crippen LogP contribution in [0, 0.1) is 0 Å². The van der Waals surface area contributed by atoms with Crippen molar-refractivity contribution in [3.05, 3.63) is 30.5 Å². The number of carbonyl (C=O) groups excluding carboxylic acids is 2. The Hall–Kier alpha value is -3.12. The van der Waals surface area contributed by atoms with Crippen LogP contribution in [-0.4, -0.2) is 66.3 Å². The van der Waals surface area contributed by atoms with Gasteiger partial charge in [-0.15, -0.1) is 0 Å². The molecule has 2 atom stereocenters. The van der Waals surface area contributed by atoms with E-state index in [1.807, 2.05) is 13.8 Å². The van der Waals surface area contributed by atoms with E-state index in [9.17, 15) is 18.0 Å². The molecule has 2 aromatic rings. The molecular weight excluding hydrogens is 464 g/mol. The molecule has 1 aromatic carbocycles. The Balaban J connectivity index is 1.44. The van der Waals surface area contributed by atoms with Gasteiger partial charge in [0.1, 0.15) is 25.1 Å². The molecular formula is C22H28N4O7S. The van der Waals surface area contributed by atoms with Gasteiger partial charge in [-0.3, -0.25) is 9.59 Å². The SMILES string of the molecule is CC(C)n1nccc1NC(=O)[C@@H](C)OC(=O)[C@@H]1CCCN1S(=O)(=O)c1ccc2c(c1)OCCO2. The molecule has 3 heterocycles. The van der Waals surface area contributed by atoms with Crippen LogP contribution >= 0.6 is 0 Å². The van der Waals surface area contributed by atoms with Gasteiger partial charge < -0.3 is 19.5 Å². The molecule has 1 N–H and O–H groups in total. The largest absolute Gasteiger partial charge is 0.486 e. The maximum Gasteiger partial charge on any atom is 0.325 e. The smallest absolute Gasteiger partial charge is 0.325 e. The van der Waals surface area contributed by atoms with E-state index in [1.54, 1.807) is 23.0 Å². The highest BCUT2D eigenvalue weighted by atomic mass is 32.2. The van der Waals surface area contributed by atoms with E-state index in [4.69, 9.17) is 14.2 Å². The number of amides is 1. The molecule has 1 fully saturated rings. The predicted octanol–water partition coefficient (Wildman–Crippen LogP) is 1.96. The zero-order valence-electron chi connectivity index (χ0n) is 19.3. The van der Waals surface area contributed by atoms with E-state index in [0.717, 1.165) is 4.31 Å². The molecule has 0 unspecified atom stereocenters. The molecule has 1 aromatic heterocycles. The van der Waals surface area contributed by atoms with Gasteiger partial charge in [0.05, 0.1) is 11.1 Å². The summed E-state index contributed by atoms with van der Waals surface area (Å²) in [7, 11) is -3.99. The number of ether oxygens (including phenoxy) is 3. The number of hydrogen-bond acceptors (Lipinski definition) is 8. The summed E-state index contributed by atoms with van der Waals surface area (Å²) in [6.45, 7) is 6.17. The highest BCUT2D eigenvalue weighted by molar-refractivity contribution is 7.89. The third-order valence-corrected chi connectivity index (χ3v) is 7.57. The van der Waals surface area contributed by atoms with Crippen molar-refractivity contribution in [3.8, 4) is 11.5 Å². The van der Waals surface area contributed by atoms with Crippen molar-refractivity contribution in [2.24, 2.45) is 0 Å². The third-order valence-electron chi connectivity index (χ3n) is 5.67. The van der Waals surface area contributed by atoms with Crippen molar-refractivity contribution in [3.63, 3.8) is 0 Å². The lowest BCUT2D eigenvalue weighted by atomic mass is 10.2. The molecule has 4 rings (SSSR count). The van der Waals surface area contributed by atoms with Crippen molar-refractivity contribution in [1.82, 2.24) is 14.1 Å². The van der Waals surface area contributed by atoms with Gasteiger partial charge in [-0.25, -0.2) is 13.1 Å². The van der Waals surface area contributed by atoms with Crippen LogP contribution in [0.15, 0.2) is 35.4 Å². The number of hydrogen-bond donors (Lipinski definition) is 1. The summed E-state index contributed by atoms with van der Waals surface area (Å²) in [5.41, 5.74) is 0. The van der Waals surface area contributed by atoms with Gasteiger partial charge >= 0.3 is 5.97 Å². The first kappa shape index (κ1) is 24.0. The van der Waals surface area contributed by atoms with Gasteiger partial charge in [0, 0.05) is 24.7 Å². The topological polar surface area (TPSA) is 129 Å². The van der Waals surface area contributed by atoms with Crippen LogP contribution in [0.3, 0.4) is 0 Å². The lowest BCUT2D eigenvalue weighted by molar-refractivity contribution is -0.156. The third kappa shape index (κ3) is 4.73. The number of benzene rings is 1. The molecule has 0 radical (unpaired) electrons. The first-order valence-corrected chi connectivity index (χ1v) is 12.6. The van der Waals surface area contributed by atoms with E-state index in [-0.39, 0.29) is 17.5 Å². The van der Waals surface area contributed by atoms with Gasteiger partial charge in [0.25, 0.3) is 5.91 Å². The summed E-state index contributed by atoms with van der Waals surface area (Å²) in [6, 6.07) is 5.02. The first-order valence-electron chi connectivity index (χ1n) is 11.1. The van der Waals surface area contributed by atoms with Crippen LogP contribution in [0.5, 0.6) is 11.5 Å². The maximum absolute atomic E-state index is 13.3. The Labute approximate surface area is 198 Å². The van der Waals surface area contributed by atoms with Crippen molar-refractivity contribution in [2.45, 2.75) is 56.7 Å². The molecule has 2 aliphatic heterocycles. The Morgan fingerprint density at radius 2 is 1.88 bits per heavy atom. The van der Waals surface area contributed by atoms with Crippen molar-refractivity contribution >= 4 is 27.7 Å². The minimum atomic E-state index is -3.99. The Kier molecular flexibility index (Phi) is 6.80. The molecule has 1 amide bonds. The standard InChI is InChI=1S/C22H28N4O7S/c1-14(2)26-20(8-9-23-26)24-21(27)15(3)33-22(28)17-5-4-10-25(17)34(29,30)16-6-7-18-19(13-16)32-12-11-31-18/h6-9,13-15,17H,4-5,10-12H2,1-3H3,(H,24,27)/t15-,17+/m1/s1. The Bertz CT molecular complexity index is 1180. The summed E-state index contributed by atoms with van der Waals surface area (Å²) in [5, 5.41) is 6.84. The molecule has 1 saturated heterocycles. The zero-order chi connectivity index (χ0) is 24.5. The highest BCUT2D eigenvalue weighted by Gasteiger charge is 2.41. The predicted molar refractivity (Wildman–Crippen MR) is 121 cm³/mol. The highest BCUT2D eigenvalue weighted by Crippen LogP contribution is 2.35. The van der Waals surface area contributed by atoms with Crippen LogP contribution in [-0.2, 0) is 24.3 Å². The van der Waals surface area contributed by atoms with Gasteiger partial charge in [0.15, 0.2) is 17.6 Å². The summed E-state index contributed by atoms with van der Waals surface area (Å²) in [4.78, 5) is 25.5. The molecule has 0 spiro atoms. The van der Waals surface area contributed by atoms with Gasteiger partial charge in [-0.2, -0.15) is 9.40 Å². The van der Waals surface area contributed by atoms with E-state index in [0.29, 0.717) is 43.4 Å². The number of anilines is 1. The van der Waals surface area contributed by atoms with Gasteiger partial charge in [-0.1, -0.05) is 0 Å². The second-order valence-corrected chi connectivity index (χ2v) is 10.3. The molecule has 0 bridgehead atoms. The van der Waals surface area contributed by atoms with Crippen LogP contribution in [0.4, 0.5) is 5.82 Å². The second-order valence-electron chi connectivity index (χ2n) is 8.40. The van der Waals surface area contributed by atoms with Crippen LogP contribution < -0.4 is 14.8 Å². The number of esters is 1. The number of carbonyl (C=O) groups is 2. The van der Waals surface area contributed by atoms with E-state index in [1.165, 1.54) is 19.1 Å². The minimum absolute atomic E-state index is 0.00388. The maximum atomic E-state index is 13.3. The van der Waals surface area contributed by atoms with Crippen molar-refractivity contribution in [2.75, 3.05) is 25.1 Å². The molecule has 0 saturated carbocycles. The molecule has 2 aliphatic rings. The monoisotopic (exact) mass is 492 g/mol.